The molecule has 2 rings (SSSR count). The van der Waals surface area contributed by atoms with Crippen LogP contribution in [0.3, 0.4) is 0 Å². The Morgan fingerprint density at radius 1 is 1.19 bits per heavy atom. The molecule has 4 heteroatoms. The average molecular weight is 222 g/mol. The summed E-state index contributed by atoms with van der Waals surface area (Å²) in [5, 5.41) is 0. The second-order valence-electron chi connectivity index (χ2n) is 3.89. The second-order valence-corrected chi connectivity index (χ2v) is 3.89. The smallest absolute Gasteiger partial charge is 0.0719 e. The summed E-state index contributed by atoms with van der Waals surface area (Å²) in [6, 6.07) is 8.56. The van der Waals surface area contributed by atoms with E-state index in [1.165, 1.54) is 11.3 Å². The minimum absolute atomic E-state index is 0.566. The number of anilines is 1. The van der Waals surface area contributed by atoms with E-state index in [0.29, 0.717) is 6.61 Å². The van der Waals surface area contributed by atoms with Gasteiger partial charge in [-0.05, 0) is 24.1 Å². The zero-order chi connectivity index (χ0) is 11.2. The van der Waals surface area contributed by atoms with Crippen molar-refractivity contribution in [1.29, 1.82) is 0 Å². The molecule has 1 aromatic carbocycles. The topological polar surface area (TPSA) is 47.7 Å². The Kier molecular flexibility index (Phi) is 4.16. The zero-order valence-corrected chi connectivity index (χ0v) is 9.39. The van der Waals surface area contributed by atoms with E-state index >= 15 is 0 Å². The maximum absolute atomic E-state index is 5.33. The van der Waals surface area contributed by atoms with Gasteiger partial charge in [-0.25, -0.2) is 5.90 Å². The summed E-state index contributed by atoms with van der Waals surface area (Å²) in [4.78, 5) is 6.91. The Labute approximate surface area is 95.9 Å². The summed E-state index contributed by atoms with van der Waals surface area (Å²) >= 11 is 0. The van der Waals surface area contributed by atoms with Gasteiger partial charge >= 0.3 is 0 Å². The van der Waals surface area contributed by atoms with Crippen molar-refractivity contribution in [2.24, 2.45) is 5.90 Å². The molecule has 0 spiro atoms. The van der Waals surface area contributed by atoms with Crippen LogP contribution in [-0.2, 0) is 16.0 Å². The lowest BCUT2D eigenvalue weighted by molar-refractivity contribution is 0.122. The highest BCUT2D eigenvalue weighted by molar-refractivity contribution is 5.47. The van der Waals surface area contributed by atoms with Crippen LogP contribution < -0.4 is 10.8 Å². The lowest BCUT2D eigenvalue weighted by Gasteiger charge is -2.28. The number of hydrogen-bond acceptors (Lipinski definition) is 4. The molecule has 2 N–H and O–H groups in total. The van der Waals surface area contributed by atoms with E-state index in [1.54, 1.807) is 0 Å². The summed E-state index contributed by atoms with van der Waals surface area (Å²) < 4.78 is 5.33. The van der Waals surface area contributed by atoms with Crippen LogP contribution in [0.4, 0.5) is 5.69 Å². The molecule has 0 bridgehead atoms. The highest BCUT2D eigenvalue weighted by Gasteiger charge is 2.10. The average Bonchev–Trinajstić information content (AvgIpc) is 2.38. The van der Waals surface area contributed by atoms with Crippen molar-refractivity contribution in [2.75, 3.05) is 37.8 Å². The Bertz CT molecular complexity index is 307. The summed E-state index contributed by atoms with van der Waals surface area (Å²) in [7, 11) is 0. The first-order valence-corrected chi connectivity index (χ1v) is 5.63. The molecule has 0 aliphatic carbocycles. The van der Waals surface area contributed by atoms with Gasteiger partial charge in [-0.15, -0.1) is 0 Å². The molecule has 1 saturated heterocycles. The van der Waals surface area contributed by atoms with Gasteiger partial charge in [0.05, 0.1) is 19.8 Å². The van der Waals surface area contributed by atoms with Gasteiger partial charge in [-0.3, -0.25) is 0 Å². The fourth-order valence-corrected chi connectivity index (χ4v) is 1.87. The van der Waals surface area contributed by atoms with E-state index in [9.17, 15) is 0 Å². The lowest BCUT2D eigenvalue weighted by Crippen LogP contribution is -2.36. The van der Waals surface area contributed by atoms with Crippen molar-refractivity contribution in [3.63, 3.8) is 0 Å². The third-order valence-electron chi connectivity index (χ3n) is 2.82. The molecule has 1 heterocycles. The van der Waals surface area contributed by atoms with E-state index in [0.717, 1.165) is 32.7 Å². The summed E-state index contributed by atoms with van der Waals surface area (Å²) in [6.07, 6.45) is 0.861. The monoisotopic (exact) mass is 222 g/mol. The summed E-state index contributed by atoms with van der Waals surface area (Å²) in [6.45, 7) is 4.17. The number of ether oxygens (including phenoxy) is 1. The van der Waals surface area contributed by atoms with Crippen molar-refractivity contribution in [1.82, 2.24) is 0 Å². The Balaban J connectivity index is 1.95. The Morgan fingerprint density at radius 2 is 1.88 bits per heavy atom. The molecular formula is C12H18N2O2. The van der Waals surface area contributed by atoms with Crippen LogP contribution in [0.2, 0.25) is 0 Å². The molecule has 4 nitrogen and oxygen atoms in total. The zero-order valence-electron chi connectivity index (χ0n) is 9.39. The number of morpholine rings is 1. The minimum Gasteiger partial charge on any atom is -0.378 e. The van der Waals surface area contributed by atoms with Crippen molar-refractivity contribution in [3.05, 3.63) is 29.8 Å². The van der Waals surface area contributed by atoms with Crippen molar-refractivity contribution in [2.45, 2.75) is 6.42 Å². The SMILES string of the molecule is NOCCc1ccc(N2CCOCC2)cc1. The first-order chi connectivity index (χ1) is 7.90. The number of hydrogen-bond donors (Lipinski definition) is 1. The largest absolute Gasteiger partial charge is 0.378 e. The van der Waals surface area contributed by atoms with Gasteiger partial charge in [-0.2, -0.15) is 0 Å². The van der Waals surface area contributed by atoms with Gasteiger partial charge in [0.15, 0.2) is 0 Å². The van der Waals surface area contributed by atoms with Crippen molar-refractivity contribution >= 4 is 5.69 Å². The summed E-state index contributed by atoms with van der Waals surface area (Å²) in [5.41, 5.74) is 2.52. The molecule has 1 aromatic rings. The first kappa shape index (κ1) is 11.4. The van der Waals surface area contributed by atoms with Crippen LogP contribution in [0.1, 0.15) is 5.56 Å². The van der Waals surface area contributed by atoms with Crippen LogP contribution in [0.25, 0.3) is 0 Å². The molecule has 0 aromatic heterocycles. The maximum atomic E-state index is 5.33. The molecule has 16 heavy (non-hydrogen) atoms. The molecule has 0 saturated carbocycles. The molecule has 0 unspecified atom stereocenters. The van der Waals surface area contributed by atoms with Gasteiger partial charge in [0.1, 0.15) is 0 Å². The molecular weight excluding hydrogens is 204 g/mol. The van der Waals surface area contributed by atoms with Gasteiger partial charge in [-0.1, -0.05) is 12.1 Å². The Morgan fingerprint density at radius 3 is 2.50 bits per heavy atom. The van der Waals surface area contributed by atoms with E-state index in [2.05, 4.69) is 34.0 Å². The highest BCUT2D eigenvalue weighted by Crippen LogP contribution is 2.16. The molecule has 0 amide bonds. The van der Waals surface area contributed by atoms with Crippen LogP contribution in [0.15, 0.2) is 24.3 Å². The first-order valence-electron chi connectivity index (χ1n) is 5.63. The van der Waals surface area contributed by atoms with Gasteiger partial charge < -0.3 is 14.5 Å². The molecule has 0 atom stereocenters. The molecule has 0 radical (unpaired) electrons. The van der Waals surface area contributed by atoms with Crippen LogP contribution in [0.5, 0.6) is 0 Å². The molecule has 88 valence electrons. The predicted molar refractivity (Wildman–Crippen MR) is 63.3 cm³/mol. The van der Waals surface area contributed by atoms with E-state index in [4.69, 9.17) is 10.6 Å². The van der Waals surface area contributed by atoms with Crippen molar-refractivity contribution in [3.8, 4) is 0 Å². The third kappa shape index (κ3) is 2.95. The predicted octanol–water partition coefficient (Wildman–Crippen LogP) is 0.956. The fraction of sp³-hybridized carbons (Fsp3) is 0.500. The molecule has 1 fully saturated rings. The maximum Gasteiger partial charge on any atom is 0.0719 e. The number of nitrogens with zero attached hydrogens (tertiary/aromatic N) is 1. The van der Waals surface area contributed by atoms with Gasteiger partial charge in [0.25, 0.3) is 0 Å². The Hall–Kier alpha value is -1.10. The number of rotatable bonds is 4. The third-order valence-corrected chi connectivity index (χ3v) is 2.82. The quantitative estimate of drug-likeness (QED) is 0.771. The van der Waals surface area contributed by atoms with Gasteiger partial charge in [0.2, 0.25) is 0 Å². The number of nitrogens with two attached hydrogens (primary N) is 1. The molecule has 1 aliphatic heterocycles. The minimum atomic E-state index is 0.566. The highest BCUT2D eigenvalue weighted by atomic mass is 16.6. The number of benzene rings is 1. The van der Waals surface area contributed by atoms with E-state index in [-0.39, 0.29) is 0 Å². The normalized spacial score (nSPS) is 16.4. The fourth-order valence-electron chi connectivity index (χ4n) is 1.87. The standard InChI is InChI=1S/C12H18N2O2/c13-16-8-5-11-1-3-12(4-2-11)14-6-9-15-10-7-14/h1-4H,5-10,13H2. The van der Waals surface area contributed by atoms with Crippen molar-refractivity contribution < 1.29 is 9.57 Å². The van der Waals surface area contributed by atoms with E-state index < -0.39 is 0 Å². The van der Waals surface area contributed by atoms with Gasteiger partial charge in [0, 0.05) is 18.8 Å². The second kappa shape index (κ2) is 5.84. The van der Waals surface area contributed by atoms with Crippen LogP contribution >= 0.6 is 0 Å². The lowest BCUT2D eigenvalue weighted by atomic mass is 10.1. The van der Waals surface area contributed by atoms with E-state index in [1.807, 2.05) is 0 Å². The van der Waals surface area contributed by atoms with Crippen LogP contribution in [0, 0.1) is 0 Å². The summed E-state index contributed by atoms with van der Waals surface area (Å²) in [5.74, 6) is 5.00. The molecule has 1 aliphatic rings. The van der Waals surface area contributed by atoms with Crippen LogP contribution in [-0.4, -0.2) is 32.9 Å².